The lowest BCUT2D eigenvalue weighted by Gasteiger charge is -2.14. The van der Waals surface area contributed by atoms with Gasteiger partial charge in [0.15, 0.2) is 0 Å². The highest BCUT2D eigenvalue weighted by Crippen LogP contribution is 2.25. The summed E-state index contributed by atoms with van der Waals surface area (Å²) in [6, 6.07) is 8.59. The van der Waals surface area contributed by atoms with Gasteiger partial charge in [0.05, 0.1) is 5.71 Å². The Morgan fingerprint density at radius 2 is 1.75 bits per heavy atom. The van der Waals surface area contributed by atoms with Gasteiger partial charge in [-0.05, 0) is 51.6 Å². The van der Waals surface area contributed by atoms with Crippen LogP contribution in [-0.2, 0) is 0 Å². The van der Waals surface area contributed by atoms with E-state index in [0.717, 1.165) is 6.42 Å². The Balaban J connectivity index is 2.86. The van der Waals surface area contributed by atoms with Gasteiger partial charge in [0.2, 0.25) is 0 Å². The molecule has 0 atom stereocenters. The molecule has 1 aromatic rings. The summed E-state index contributed by atoms with van der Waals surface area (Å²) in [6.45, 7) is 10.8. The van der Waals surface area contributed by atoms with Crippen molar-refractivity contribution < 1.29 is 0 Å². The van der Waals surface area contributed by atoms with Crippen LogP contribution in [0, 0.1) is 6.92 Å². The zero-order chi connectivity index (χ0) is 12.2. The molecule has 0 saturated carbocycles. The summed E-state index contributed by atoms with van der Waals surface area (Å²) in [4.78, 5) is 0. The van der Waals surface area contributed by atoms with Crippen molar-refractivity contribution in [3.8, 4) is 0 Å². The Morgan fingerprint density at radius 1 is 1.19 bits per heavy atom. The van der Waals surface area contributed by atoms with Crippen LogP contribution < -0.4 is 0 Å². The van der Waals surface area contributed by atoms with Crippen molar-refractivity contribution in [2.75, 3.05) is 0 Å². The molecule has 0 aromatic heterocycles. The molecule has 0 amide bonds. The number of benzene rings is 1. The number of hydrogen-bond donors (Lipinski definition) is 0. The Labute approximate surface area is 104 Å². The summed E-state index contributed by atoms with van der Waals surface area (Å²) in [5.41, 5.74) is 3.72. The van der Waals surface area contributed by atoms with Crippen LogP contribution in [0.4, 0.5) is 0 Å². The first kappa shape index (κ1) is 13.3. The van der Waals surface area contributed by atoms with Crippen molar-refractivity contribution in [1.29, 1.82) is 0 Å². The van der Waals surface area contributed by atoms with Gasteiger partial charge in [0.1, 0.15) is 0 Å². The van der Waals surface area contributed by atoms with E-state index in [0.29, 0.717) is 0 Å². The molecule has 0 aliphatic rings. The predicted octanol–water partition coefficient (Wildman–Crippen LogP) is 4.64. The van der Waals surface area contributed by atoms with Gasteiger partial charge in [0.25, 0.3) is 0 Å². The third kappa shape index (κ3) is 4.40. The third-order valence-electron chi connectivity index (χ3n) is 2.15. The molecule has 88 valence electrons. The van der Waals surface area contributed by atoms with Gasteiger partial charge < -0.3 is 0 Å². The SMILES string of the molecule is CC/C(=N\SC(C)(C)C)c1ccc(C)cc1. The van der Waals surface area contributed by atoms with Crippen LogP contribution in [-0.4, -0.2) is 10.5 Å². The minimum atomic E-state index is 0.186. The Hall–Kier alpha value is -0.760. The second-order valence-electron chi connectivity index (χ2n) is 4.96. The second kappa shape index (κ2) is 5.53. The minimum absolute atomic E-state index is 0.186. The van der Waals surface area contributed by atoms with E-state index in [2.05, 4.69) is 63.3 Å². The molecule has 0 radical (unpaired) electrons. The van der Waals surface area contributed by atoms with Gasteiger partial charge >= 0.3 is 0 Å². The number of hydrogen-bond acceptors (Lipinski definition) is 2. The monoisotopic (exact) mass is 235 g/mol. The molecule has 1 rings (SSSR count). The van der Waals surface area contributed by atoms with Crippen molar-refractivity contribution in [2.24, 2.45) is 4.40 Å². The lowest BCUT2D eigenvalue weighted by molar-refractivity contribution is 0.804. The summed E-state index contributed by atoms with van der Waals surface area (Å²) in [5.74, 6) is 0. The molecule has 0 N–H and O–H groups in total. The largest absolute Gasteiger partial charge is 0.220 e. The molecule has 0 aliphatic carbocycles. The van der Waals surface area contributed by atoms with Crippen molar-refractivity contribution >= 4 is 17.7 Å². The van der Waals surface area contributed by atoms with E-state index >= 15 is 0 Å². The molecule has 0 heterocycles. The van der Waals surface area contributed by atoms with Crippen LogP contribution in [0.5, 0.6) is 0 Å². The number of aryl methyl sites for hydroxylation is 1. The molecule has 1 nitrogen and oxygen atoms in total. The summed E-state index contributed by atoms with van der Waals surface area (Å²) < 4.78 is 4.83. The van der Waals surface area contributed by atoms with Gasteiger partial charge in [0, 0.05) is 4.75 Å². The average molecular weight is 235 g/mol. The van der Waals surface area contributed by atoms with Crippen LogP contribution in [0.1, 0.15) is 45.2 Å². The van der Waals surface area contributed by atoms with E-state index in [9.17, 15) is 0 Å². The van der Waals surface area contributed by atoms with Crippen LogP contribution in [0.15, 0.2) is 28.7 Å². The van der Waals surface area contributed by atoms with Gasteiger partial charge in [-0.25, -0.2) is 4.40 Å². The quantitative estimate of drug-likeness (QED) is 0.549. The van der Waals surface area contributed by atoms with Gasteiger partial charge in [-0.3, -0.25) is 0 Å². The molecule has 0 unspecified atom stereocenters. The van der Waals surface area contributed by atoms with Gasteiger partial charge in [-0.1, -0.05) is 36.8 Å². The molecular formula is C14H21NS. The molecule has 0 spiro atoms. The first-order chi connectivity index (χ1) is 7.42. The zero-order valence-electron chi connectivity index (χ0n) is 10.9. The molecule has 0 fully saturated rings. The molecule has 0 saturated heterocycles. The van der Waals surface area contributed by atoms with E-state index in [4.69, 9.17) is 0 Å². The highest BCUT2D eigenvalue weighted by atomic mass is 32.2. The maximum atomic E-state index is 4.65. The standard InChI is InChI=1S/C14H21NS/c1-6-13(15-16-14(3,4)5)12-9-7-11(2)8-10-12/h7-10H,6H2,1-5H3/b15-13+. The summed E-state index contributed by atoms with van der Waals surface area (Å²) in [7, 11) is 0. The third-order valence-corrected chi connectivity index (χ3v) is 3.01. The molecule has 16 heavy (non-hydrogen) atoms. The Bertz CT molecular complexity index is 357. The topological polar surface area (TPSA) is 12.4 Å². The van der Waals surface area contributed by atoms with Crippen molar-refractivity contribution in [2.45, 2.75) is 45.8 Å². The minimum Gasteiger partial charge on any atom is -0.220 e. The van der Waals surface area contributed by atoms with Gasteiger partial charge in [-0.2, -0.15) is 0 Å². The second-order valence-corrected chi connectivity index (χ2v) is 6.55. The molecular weight excluding hydrogens is 214 g/mol. The maximum Gasteiger partial charge on any atom is 0.0556 e. The van der Waals surface area contributed by atoms with Crippen molar-refractivity contribution in [3.63, 3.8) is 0 Å². The lowest BCUT2D eigenvalue weighted by atomic mass is 10.1. The maximum absolute atomic E-state index is 4.65. The first-order valence-corrected chi connectivity index (χ1v) is 6.52. The fourth-order valence-corrected chi connectivity index (χ4v) is 1.88. The first-order valence-electron chi connectivity index (χ1n) is 5.74. The molecule has 0 bridgehead atoms. The highest BCUT2D eigenvalue weighted by Gasteiger charge is 2.11. The van der Waals surface area contributed by atoms with E-state index in [1.807, 2.05) is 0 Å². The normalized spacial score (nSPS) is 12.9. The Kier molecular flexibility index (Phi) is 4.60. The summed E-state index contributed by atoms with van der Waals surface area (Å²) in [5, 5.41) is 0. The fourth-order valence-electron chi connectivity index (χ4n) is 1.26. The van der Waals surface area contributed by atoms with E-state index < -0.39 is 0 Å². The lowest BCUT2D eigenvalue weighted by Crippen LogP contribution is -2.07. The van der Waals surface area contributed by atoms with E-state index in [-0.39, 0.29) is 4.75 Å². The van der Waals surface area contributed by atoms with Crippen LogP contribution in [0.2, 0.25) is 0 Å². The number of nitrogens with zero attached hydrogens (tertiary/aromatic N) is 1. The summed E-state index contributed by atoms with van der Waals surface area (Å²) in [6.07, 6.45) is 0.978. The van der Waals surface area contributed by atoms with Crippen molar-refractivity contribution in [3.05, 3.63) is 35.4 Å². The van der Waals surface area contributed by atoms with E-state index in [1.54, 1.807) is 11.9 Å². The summed E-state index contributed by atoms with van der Waals surface area (Å²) >= 11 is 1.65. The van der Waals surface area contributed by atoms with Crippen LogP contribution in [0.3, 0.4) is 0 Å². The molecule has 2 heteroatoms. The number of rotatable bonds is 3. The Morgan fingerprint density at radius 3 is 2.19 bits per heavy atom. The van der Waals surface area contributed by atoms with Crippen molar-refractivity contribution in [1.82, 2.24) is 0 Å². The smallest absolute Gasteiger partial charge is 0.0556 e. The van der Waals surface area contributed by atoms with Gasteiger partial charge in [-0.15, -0.1) is 0 Å². The predicted molar refractivity (Wildman–Crippen MR) is 75.4 cm³/mol. The highest BCUT2D eigenvalue weighted by molar-refractivity contribution is 7.99. The zero-order valence-corrected chi connectivity index (χ0v) is 11.7. The fraction of sp³-hybridized carbons (Fsp3) is 0.500. The molecule has 1 aromatic carbocycles. The molecule has 0 aliphatic heterocycles. The van der Waals surface area contributed by atoms with Crippen LogP contribution in [0.25, 0.3) is 0 Å². The van der Waals surface area contributed by atoms with E-state index in [1.165, 1.54) is 16.8 Å². The van der Waals surface area contributed by atoms with Crippen LogP contribution >= 0.6 is 11.9 Å². The average Bonchev–Trinajstić information content (AvgIpc) is 2.20.